The lowest BCUT2D eigenvalue weighted by molar-refractivity contribution is -0.110. The molecule has 1 amide bonds. The van der Waals surface area contributed by atoms with Crippen molar-refractivity contribution in [3.05, 3.63) is 47.7 Å². The van der Waals surface area contributed by atoms with Crippen molar-refractivity contribution in [1.82, 2.24) is 9.97 Å². The van der Waals surface area contributed by atoms with E-state index in [1.54, 1.807) is 25.1 Å². The monoisotopic (exact) mass is 423 g/mol. The summed E-state index contributed by atoms with van der Waals surface area (Å²) in [5.74, 6) is 0.612. The van der Waals surface area contributed by atoms with Crippen molar-refractivity contribution in [2.24, 2.45) is 16.6 Å². The summed E-state index contributed by atoms with van der Waals surface area (Å²) in [5.41, 5.74) is 13.9. The normalized spacial score (nSPS) is 16.8. The number of allylic oxidation sites excluding steroid dienone is 1. The molecule has 162 valence electrons. The van der Waals surface area contributed by atoms with E-state index in [0.717, 1.165) is 12.8 Å². The van der Waals surface area contributed by atoms with Gasteiger partial charge >= 0.3 is 0 Å². The predicted molar refractivity (Wildman–Crippen MR) is 120 cm³/mol. The second-order valence-electron chi connectivity index (χ2n) is 7.83. The minimum Gasteiger partial charge on any atom is -0.384 e. The van der Waals surface area contributed by atoms with E-state index in [-0.39, 0.29) is 11.7 Å². The van der Waals surface area contributed by atoms with Crippen molar-refractivity contribution < 1.29 is 9.18 Å². The molecule has 0 spiro atoms. The molecule has 1 aromatic carbocycles. The van der Waals surface area contributed by atoms with E-state index < -0.39 is 0 Å². The number of halogens is 1. The number of aryl methyl sites for hydroxylation is 1. The number of anilines is 3. The first-order valence-electron chi connectivity index (χ1n) is 10.4. The van der Waals surface area contributed by atoms with Gasteiger partial charge in [0.05, 0.1) is 22.8 Å². The van der Waals surface area contributed by atoms with Gasteiger partial charge in [-0.15, -0.1) is 0 Å². The number of rotatable bonds is 5. The van der Waals surface area contributed by atoms with Gasteiger partial charge in [-0.1, -0.05) is 12.1 Å². The Morgan fingerprint density at radius 1 is 1.29 bits per heavy atom. The van der Waals surface area contributed by atoms with Crippen LogP contribution in [0.5, 0.6) is 0 Å². The van der Waals surface area contributed by atoms with E-state index in [0.29, 0.717) is 72.1 Å². The van der Waals surface area contributed by atoms with Gasteiger partial charge in [-0.25, -0.2) is 19.4 Å². The van der Waals surface area contributed by atoms with Gasteiger partial charge in [-0.3, -0.25) is 4.79 Å². The standard InChI is InChI=1S/C22H26FN7O/c1-13-26-19(11-20(25)27-13)16-5-6-18(28-16)22(31)29-17-4-2-3-15(23)21(17)30-9-7-14(12-24)8-10-30/h2-5,11,14H,6-10,12,24H2,1H3,(H,29,31)(H2,25,26,27). The van der Waals surface area contributed by atoms with Crippen LogP contribution >= 0.6 is 0 Å². The summed E-state index contributed by atoms with van der Waals surface area (Å²) in [6, 6.07) is 6.34. The maximum Gasteiger partial charge on any atom is 0.270 e. The van der Waals surface area contributed by atoms with Gasteiger partial charge in [0, 0.05) is 25.6 Å². The van der Waals surface area contributed by atoms with Crippen molar-refractivity contribution in [3.8, 4) is 0 Å². The SMILES string of the molecule is Cc1nc(N)cc(C2=CCC(C(=O)Nc3cccc(F)c3N3CCC(CN)CC3)=N2)n1. The fourth-order valence-electron chi connectivity index (χ4n) is 3.98. The average Bonchev–Trinajstić information content (AvgIpc) is 3.24. The van der Waals surface area contributed by atoms with Gasteiger partial charge in [0.25, 0.3) is 5.91 Å². The number of amides is 1. The molecule has 2 aromatic rings. The number of nitrogens with two attached hydrogens (primary N) is 2. The van der Waals surface area contributed by atoms with E-state index in [4.69, 9.17) is 11.5 Å². The molecule has 0 saturated carbocycles. The molecule has 0 aliphatic carbocycles. The van der Waals surface area contributed by atoms with Crippen molar-refractivity contribution in [1.29, 1.82) is 0 Å². The van der Waals surface area contributed by atoms with Crippen LogP contribution in [-0.2, 0) is 4.79 Å². The summed E-state index contributed by atoms with van der Waals surface area (Å²) >= 11 is 0. The fourth-order valence-corrected chi connectivity index (χ4v) is 3.98. The summed E-state index contributed by atoms with van der Waals surface area (Å²) in [6.45, 7) is 3.79. The van der Waals surface area contributed by atoms with Crippen molar-refractivity contribution in [3.63, 3.8) is 0 Å². The highest BCUT2D eigenvalue weighted by Crippen LogP contribution is 2.33. The predicted octanol–water partition coefficient (Wildman–Crippen LogP) is 2.51. The number of aromatic nitrogens is 2. The van der Waals surface area contributed by atoms with Crippen LogP contribution in [0, 0.1) is 18.7 Å². The van der Waals surface area contributed by atoms with Gasteiger partial charge in [-0.2, -0.15) is 0 Å². The first-order chi connectivity index (χ1) is 14.9. The summed E-state index contributed by atoms with van der Waals surface area (Å²) in [6.07, 6.45) is 3.98. The minimum atomic E-state index is -0.367. The van der Waals surface area contributed by atoms with Crippen LogP contribution in [0.1, 0.15) is 30.8 Å². The van der Waals surface area contributed by atoms with E-state index >= 15 is 0 Å². The number of hydrogen-bond donors (Lipinski definition) is 3. The number of para-hydroxylation sites is 1. The van der Waals surface area contributed by atoms with E-state index in [1.807, 2.05) is 11.0 Å². The lowest BCUT2D eigenvalue weighted by atomic mass is 9.96. The third-order valence-corrected chi connectivity index (χ3v) is 5.63. The van der Waals surface area contributed by atoms with Crippen LogP contribution in [0.2, 0.25) is 0 Å². The number of nitrogens with zero attached hydrogens (tertiary/aromatic N) is 4. The first kappa shape index (κ1) is 20.9. The summed E-state index contributed by atoms with van der Waals surface area (Å²) in [5, 5.41) is 2.84. The molecule has 2 aliphatic heterocycles. The molecule has 9 heteroatoms. The van der Waals surface area contributed by atoms with E-state index in [9.17, 15) is 9.18 Å². The molecule has 31 heavy (non-hydrogen) atoms. The maximum absolute atomic E-state index is 14.7. The molecule has 3 heterocycles. The molecule has 1 aromatic heterocycles. The third kappa shape index (κ3) is 4.56. The molecule has 4 rings (SSSR count). The highest BCUT2D eigenvalue weighted by atomic mass is 19.1. The van der Waals surface area contributed by atoms with Crippen molar-refractivity contribution in [2.75, 3.05) is 35.6 Å². The molecule has 1 fully saturated rings. The average molecular weight is 423 g/mol. The number of benzene rings is 1. The first-order valence-corrected chi connectivity index (χ1v) is 10.4. The summed E-state index contributed by atoms with van der Waals surface area (Å²) < 4.78 is 14.7. The van der Waals surface area contributed by atoms with Gasteiger partial charge in [0.15, 0.2) is 0 Å². The number of aliphatic imine (C=N–C) groups is 1. The Morgan fingerprint density at radius 3 is 2.77 bits per heavy atom. The van der Waals surface area contributed by atoms with Crippen molar-refractivity contribution >= 4 is 34.5 Å². The molecule has 1 saturated heterocycles. The highest BCUT2D eigenvalue weighted by Gasteiger charge is 2.25. The van der Waals surface area contributed by atoms with Crippen LogP contribution in [0.3, 0.4) is 0 Å². The second kappa shape index (κ2) is 8.81. The van der Waals surface area contributed by atoms with Crippen LogP contribution in [0.15, 0.2) is 35.3 Å². The highest BCUT2D eigenvalue weighted by molar-refractivity contribution is 6.45. The number of hydrogen-bond acceptors (Lipinski definition) is 7. The third-order valence-electron chi connectivity index (χ3n) is 5.63. The Morgan fingerprint density at radius 2 is 2.06 bits per heavy atom. The molecular formula is C22H26FN7O. The fraction of sp³-hybridized carbons (Fsp3) is 0.364. The van der Waals surface area contributed by atoms with Gasteiger partial charge < -0.3 is 21.7 Å². The summed E-state index contributed by atoms with van der Waals surface area (Å²) in [7, 11) is 0. The topological polar surface area (TPSA) is 123 Å². The second-order valence-corrected chi connectivity index (χ2v) is 7.83. The Hall–Kier alpha value is -3.33. The Labute approximate surface area is 180 Å². The van der Waals surface area contributed by atoms with Gasteiger partial charge in [-0.05, 0) is 44.4 Å². The van der Waals surface area contributed by atoms with Crippen LogP contribution in [-0.4, -0.2) is 41.2 Å². The minimum absolute atomic E-state index is 0.335. The largest absolute Gasteiger partial charge is 0.384 e. The lowest BCUT2D eigenvalue weighted by Gasteiger charge is -2.34. The quantitative estimate of drug-likeness (QED) is 0.679. The molecule has 0 atom stereocenters. The van der Waals surface area contributed by atoms with Gasteiger partial charge in [0.1, 0.15) is 23.2 Å². The maximum atomic E-state index is 14.7. The zero-order chi connectivity index (χ0) is 22.0. The molecule has 0 radical (unpaired) electrons. The van der Waals surface area contributed by atoms with Crippen LogP contribution in [0.25, 0.3) is 5.70 Å². The van der Waals surface area contributed by atoms with Crippen molar-refractivity contribution in [2.45, 2.75) is 26.2 Å². The molecule has 0 unspecified atom stereocenters. The van der Waals surface area contributed by atoms with Gasteiger partial charge in [0.2, 0.25) is 0 Å². The molecule has 5 N–H and O–H groups in total. The molecule has 2 aliphatic rings. The number of nitrogens with one attached hydrogen (secondary N) is 1. The smallest absolute Gasteiger partial charge is 0.270 e. The zero-order valence-corrected chi connectivity index (χ0v) is 17.4. The number of piperidine rings is 1. The Bertz CT molecular complexity index is 1040. The number of nitrogen functional groups attached to an aromatic ring is 1. The lowest BCUT2D eigenvalue weighted by Crippen LogP contribution is -2.37. The summed E-state index contributed by atoms with van der Waals surface area (Å²) in [4.78, 5) is 27.7. The van der Waals surface area contributed by atoms with E-state index in [1.165, 1.54) is 6.07 Å². The zero-order valence-electron chi connectivity index (χ0n) is 17.4. The van der Waals surface area contributed by atoms with Crippen LogP contribution in [0.4, 0.5) is 21.6 Å². The Kier molecular flexibility index (Phi) is 5.94. The number of carbonyl (C=O) groups is 1. The molecule has 0 bridgehead atoms. The van der Waals surface area contributed by atoms with E-state index in [2.05, 4.69) is 20.3 Å². The van der Waals surface area contributed by atoms with Crippen LogP contribution < -0.4 is 21.7 Å². The molecular weight excluding hydrogens is 397 g/mol. The molecule has 8 nitrogen and oxygen atoms in total. The Balaban J connectivity index is 1.51. The number of carbonyl (C=O) groups excluding carboxylic acids is 1.